The van der Waals surface area contributed by atoms with E-state index in [0.717, 1.165) is 0 Å². The summed E-state index contributed by atoms with van der Waals surface area (Å²) < 4.78 is 6.71. The Hall–Kier alpha value is -3.17. The lowest BCUT2D eigenvalue weighted by atomic mass is 9.82. The van der Waals surface area contributed by atoms with Gasteiger partial charge >= 0.3 is 6.09 Å². The molecule has 1 aliphatic rings. The number of phenols is 1. The molecule has 0 saturated carbocycles. The summed E-state index contributed by atoms with van der Waals surface area (Å²) in [6, 6.07) is 13.0. The van der Waals surface area contributed by atoms with Crippen LogP contribution < -0.4 is 10.6 Å². The number of phenolic OH excluding ortho intramolecular Hbond substituents is 1. The Morgan fingerprint density at radius 2 is 1.58 bits per heavy atom. The molecule has 0 aliphatic heterocycles. The smallest absolute Gasteiger partial charge is 0.407 e. The van der Waals surface area contributed by atoms with Gasteiger partial charge in [0.15, 0.2) is 11.6 Å². The molecule has 7 nitrogen and oxygen atoms in total. The van der Waals surface area contributed by atoms with Crippen molar-refractivity contribution in [3.8, 4) is 5.75 Å². The van der Waals surface area contributed by atoms with Crippen molar-refractivity contribution in [1.82, 2.24) is 5.32 Å². The highest BCUT2D eigenvalue weighted by atomic mass is 79.9. The van der Waals surface area contributed by atoms with Crippen molar-refractivity contribution in [2.24, 2.45) is 0 Å². The minimum atomic E-state index is -0.572. The topological polar surface area (TPSA) is 105 Å². The summed E-state index contributed by atoms with van der Waals surface area (Å²) in [6.45, 7) is 1.73. The van der Waals surface area contributed by atoms with Crippen molar-refractivity contribution in [3.05, 3.63) is 85.3 Å². The molecule has 1 amide bonds. The van der Waals surface area contributed by atoms with Crippen molar-refractivity contribution in [1.29, 1.82) is 0 Å². The van der Waals surface area contributed by atoms with Gasteiger partial charge in [0.2, 0.25) is 0 Å². The average molecular weight is 574 g/mol. The monoisotopic (exact) mass is 572 g/mol. The van der Waals surface area contributed by atoms with Crippen LogP contribution in [0.15, 0.2) is 57.5 Å². The molecule has 1 atom stereocenters. The standard InChI is InChI=1S/C24H18Br2N2O5/c1-11(33-24(32)27-2)14-9-18(16(26)10-15(14)25)28-17-7-8-19(29)21-20(17)22(30)12-5-3-4-6-13(12)23(21)31/h3-11,28-29H,1-2H3,(H,27,32). The minimum absolute atomic E-state index is 0.0338. The number of hydrogen-bond acceptors (Lipinski definition) is 6. The first-order chi connectivity index (χ1) is 15.7. The Bertz CT molecular complexity index is 1320. The molecule has 0 saturated heterocycles. The Morgan fingerprint density at radius 3 is 2.21 bits per heavy atom. The van der Waals surface area contributed by atoms with Gasteiger partial charge < -0.3 is 20.5 Å². The number of alkyl carbamates (subject to hydrolysis) is 1. The van der Waals surface area contributed by atoms with Crippen LogP contribution in [0.25, 0.3) is 0 Å². The van der Waals surface area contributed by atoms with E-state index in [1.807, 2.05) is 0 Å². The highest BCUT2D eigenvalue weighted by Gasteiger charge is 2.34. The lowest BCUT2D eigenvalue weighted by Gasteiger charge is -2.23. The Balaban J connectivity index is 1.79. The van der Waals surface area contributed by atoms with Crippen molar-refractivity contribution < 1.29 is 24.2 Å². The molecule has 0 aromatic heterocycles. The number of benzene rings is 3. The third-order valence-corrected chi connectivity index (χ3v) is 6.68. The highest BCUT2D eigenvalue weighted by Crippen LogP contribution is 2.40. The third-order valence-electron chi connectivity index (χ3n) is 5.34. The number of nitrogens with one attached hydrogen (secondary N) is 2. The maximum absolute atomic E-state index is 13.3. The van der Waals surface area contributed by atoms with E-state index >= 15 is 0 Å². The predicted octanol–water partition coefficient (Wildman–Crippen LogP) is 5.85. The van der Waals surface area contributed by atoms with Gasteiger partial charge in [-0.2, -0.15) is 0 Å². The number of halogens is 2. The predicted molar refractivity (Wildman–Crippen MR) is 130 cm³/mol. The first-order valence-electron chi connectivity index (χ1n) is 9.91. The summed E-state index contributed by atoms with van der Waals surface area (Å²) in [5, 5.41) is 16.0. The van der Waals surface area contributed by atoms with Crippen molar-refractivity contribution in [3.63, 3.8) is 0 Å². The van der Waals surface area contributed by atoms with E-state index < -0.39 is 18.0 Å². The number of carbonyl (C=O) groups excluding carboxylic acids is 3. The molecule has 1 unspecified atom stereocenters. The molecule has 0 spiro atoms. The maximum Gasteiger partial charge on any atom is 0.407 e. The van der Waals surface area contributed by atoms with Gasteiger partial charge in [-0.15, -0.1) is 0 Å². The largest absolute Gasteiger partial charge is 0.507 e. The summed E-state index contributed by atoms with van der Waals surface area (Å²) in [4.78, 5) is 38.0. The fourth-order valence-corrected chi connectivity index (χ4v) is 5.13. The van der Waals surface area contributed by atoms with Crippen LogP contribution in [0.4, 0.5) is 16.2 Å². The molecule has 3 aromatic rings. The molecule has 168 valence electrons. The molecule has 9 heteroatoms. The molecular formula is C24H18Br2N2O5. The summed E-state index contributed by atoms with van der Waals surface area (Å²) in [6.07, 6.45) is -1.14. The lowest BCUT2D eigenvalue weighted by molar-refractivity contribution is 0.0977. The zero-order valence-corrected chi connectivity index (χ0v) is 20.7. The number of aromatic hydroxyl groups is 1. The van der Waals surface area contributed by atoms with Gasteiger partial charge in [-0.05, 0) is 47.1 Å². The summed E-state index contributed by atoms with van der Waals surface area (Å²) in [7, 11) is 1.48. The van der Waals surface area contributed by atoms with Crippen LogP contribution in [0.2, 0.25) is 0 Å². The number of ether oxygens (including phenoxy) is 1. The number of rotatable bonds is 4. The summed E-state index contributed by atoms with van der Waals surface area (Å²) in [5.74, 6) is -1.03. The van der Waals surface area contributed by atoms with Crippen LogP contribution in [-0.2, 0) is 4.74 Å². The Morgan fingerprint density at radius 1 is 0.939 bits per heavy atom. The summed E-state index contributed by atoms with van der Waals surface area (Å²) in [5.41, 5.74) is 2.24. The van der Waals surface area contributed by atoms with E-state index in [4.69, 9.17) is 4.74 Å². The number of anilines is 2. The normalized spacial score (nSPS) is 13.1. The zero-order valence-electron chi connectivity index (χ0n) is 17.5. The molecule has 0 fully saturated rings. The fraction of sp³-hybridized carbons (Fsp3) is 0.125. The highest BCUT2D eigenvalue weighted by molar-refractivity contribution is 9.11. The van der Waals surface area contributed by atoms with E-state index in [1.165, 1.54) is 13.1 Å². The SMILES string of the molecule is CNC(=O)OC(C)c1cc(Nc2ccc(O)c3c2C(=O)c2ccccc2C3=O)c(Br)cc1Br. The van der Waals surface area contributed by atoms with E-state index in [-0.39, 0.29) is 33.8 Å². The number of amides is 1. The van der Waals surface area contributed by atoms with Crippen LogP contribution in [0, 0.1) is 0 Å². The van der Waals surface area contributed by atoms with Crippen molar-refractivity contribution >= 4 is 60.9 Å². The van der Waals surface area contributed by atoms with Crippen LogP contribution in [0.1, 0.15) is 50.4 Å². The van der Waals surface area contributed by atoms with E-state index in [0.29, 0.717) is 25.9 Å². The van der Waals surface area contributed by atoms with Crippen molar-refractivity contribution in [2.45, 2.75) is 13.0 Å². The van der Waals surface area contributed by atoms with Crippen LogP contribution in [0.5, 0.6) is 5.75 Å². The molecule has 0 bridgehead atoms. The molecule has 4 rings (SSSR count). The number of ketones is 2. The van der Waals surface area contributed by atoms with Gasteiger partial charge in [0.05, 0.1) is 22.5 Å². The van der Waals surface area contributed by atoms with Crippen LogP contribution >= 0.6 is 31.9 Å². The van der Waals surface area contributed by atoms with E-state index in [9.17, 15) is 19.5 Å². The van der Waals surface area contributed by atoms with Crippen LogP contribution in [-0.4, -0.2) is 29.8 Å². The second kappa shape index (κ2) is 8.99. The molecule has 3 aromatic carbocycles. The van der Waals surface area contributed by atoms with E-state index in [1.54, 1.807) is 49.4 Å². The lowest BCUT2D eigenvalue weighted by Crippen LogP contribution is -2.22. The number of hydrogen-bond donors (Lipinski definition) is 3. The van der Waals surface area contributed by atoms with Gasteiger partial charge in [-0.3, -0.25) is 9.59 Å². The second-order valence-electron chi connectivity index (χ2n) is 7.36. The fourth-order valence-electron chi connectivity index (χ4n) is 3.71. The minimum Gasteiger partial charge on any atom is -0.507 e. The molecule has 0 heterocycles. The van der Waals surface area contributed by atoms with Gasteiger partial charge in [0.25, 0.3) is 0 Å². The number of fused-ring (bicyclic) bond motifs is 2. The molecule has 1 aliphatic carbocycles. The molecule has 33 heavy (non-hydrogen) atoms. The van der Waals surface area contributed by atoms with E-state index in [2.05, 4.69) is 42.5 Å². The Kier molecular flexibility index (Phi) is 6.27. The third kappa shape index (κ3) is 4.14. The first kappa shape index (κ1) is 23.0. The number of carbonyl (C=O) groups is 3. The second-order valence-corrected chi connectivity index (χ2v) is 9.07. The summed E-state index contributed by atoms with van der Waals surface area (Å²) >= 11 is 6.98. The Labute approximate surface area is 206 Å². The zero-order chi connectivity index (χ0) is 23.9. The average Bonchev–Trinajstić information content (AvgIpc) is 2.79. The van der Waals surface area contributed by atoms with Gasteiger partial charge in [-0.1, -0.05) is 40.2 Å². The van der Waals surface area contributed by atoms with Gasteiger partial charge in [0, 0.05) is 32.7 Å². The van der Waals surface area contributed by atoms with Crippen molar-refractivity contribution in [2.75, 3.05) is 12.4 Å². The molecular weight excluding hydrogens is 556 g/mol. The molecule has 0 radical (unpaired) electrons. The quantitative estimate of drug-likeness (QED) is 0.264. The first-order valence-corrected chi connectivity index (χ1v) is 11.5. The van der Waals surface area contributed by atoms with Gasteiger partial charge in [-0.25, -0.2) is 4.79 Å². The van der Waals surface area contributed by atoms with Crippen LogP contribution in [0.3, 0.4) is 0 Å². The maximum atomic E-state index is 13.3. The molecule has 3 N–H and O–H groups in total. The van der Waals surface area contributed by atoms with Gasteiger partial charge in [0.1, 0.15) is 11.9 Å².